The number of halogens is 1. The molecule has 0 bridgehead atoms. The Balaban J connectivity index is 2.31. The minimum absolute atomic E-state index is 1.18. The van der Waals surface area contributed by atoms with E-state index in [2.05, 4.69) is 82.0 Å². The quantitative estimate of drug-likeness (QED) is 0.348. The van der Waals surface area contributed by atoms with Crippen LogP contribution < -0.4 is 0 Å². The number of fused-ring (bicyclic) bond motifs is 2. The molecule has 0 atom stereocenters. The first kappa shape index (κ1) is 12.1. The van der Waals surface area contributed by atoms with Crippen LogP contribution in [-0.4, -0.2) is 0 Å². The normalized spacial score (nSPS) is 11.2. The van der Waals surface area contributed by atoms with E-state index in [0.717, 1.165) is 0 Å². The van der Waals surface area contributed by atoms with Crippen LogP contribution in [0.25, 0.3) is 32.0 Å². The van der Waals surface area contributed by atoms with Gasteiger partial charge >= 0.3 is 0 Å². The van der Waals surface area contributed by atoms with E-state index in [4.69, 9.17) is 0 Å². The number of hydrogen-bond acceptors (Lipinski definition) is 1. The smallest absolute Gasteiger partial charge is 0.0355 e. The van der Waals surface area contributed by atoms with Crippen LogP contribution in [0.4, 0.5) is 0 Å². The summed E-state index contributed by atoms with van der Waals surface area (Å²) in [5.41, 5.74) is 1.34. The maximum Gasteiger partial charge on any atom is 0.0355 e. The lowest BCUT2D eigenvalue weighted by Crippen LogP contribution is -1.85. The average Bonchev–Trinajstić information content (AvgIpc) is 3.02. The summed E-state index contributed by atoms with van der Waals surface area (Å²) in [4.78, 5) is 1.32. The molecular weight excluding hydrogens is 328 g/mol. The number of rotatable bonds is 1. The van der Waals surface area contributed by atoms with Gasteiger partial charge < -0.3 is 0 Å². The van der Waals surface area contributed by atoms with Gasteiger partial charge in [0.15, 0.2) is 0 Å². The van der Waals surface area contributed by atoms with Crippen molar-refractivity contribution in [3.63, 3.8) is 0 Å². The van der Waals surface area contributed by atoms with Crippen LogP contribution >= 0.6 is 27.3 Å². The van der Waals surface area contributed by atoms with Crippen LogP contribution in [-0.2, 0) is 0 Å². The minimum Gasteiger partial charge on any atom is -0.144 e. The molecule has 4 aromatic rings. The van der Waals surface area contributed by atoms with Crippen molar-refractivity contribution in [2.75, 3.05) is 0 Å². The summed E-state index contributed by atoms with van der Waals surface area (Å²) in [6, 6.07) is 21.5. The van der Waals surface area contributed by atoms with Crippen LogP contribution in [0.2, 0.25) is 0 Å². The predicted octanol–water partition coefficient (Wildman–Crippen LogP) is 6.48. The second-order valence-electron chi connectivity index (χ2n) is 4.76. The summed E-state index contributed by atoms with van der Waals surface area (Å²) in [5.74, 6) is 0. The van der Waals surface area contributed by atoms with Crippen molar-refractivity contribution >= 4 is 48.8 Å². The maximum absolute atomic E-state index is 3.78. The topological polar surface area (TPSA) is 0 Å². The zero-order chi connectivity index (χ0) is 13.5. The first-order chi connectivity index (χ1) is 9.86. The van der Waals surface area contributed by atoms with Crippen molar-refractivity contribution in [1.82, 2.24) is 0 Å². The lowest BCUT2D eigenvalue weighted by Gasteiger charge is -2.12. The van der Waals surface area contributed by atoms with Gasteiger partial charge in [-0.25, -0.2) is 0 Å². The highest BCUT2D eigenvalue weighted by atomic mass is 79.9. The Labute approximate surface area is 129 Å². The van der Waals surface area contributed by atoms with Gasteiger partial charge in [0, 0.05) is 14.9 Å². The molecule has 2 heteroatoms. The summed E-state index contributed by atoms with van der Waals surface area (Å²) < 4.78 is 1.18. The highest BCUT2D eigenvalue weighted by molar-refractivity contribution is 9.10. The van der Waals surface area contributed by atoms with Crippen LogP contribution in [0, 0.1) is 0 Å². The van der Waals surface area contributed by atoms with E-state index in [1.165, 1.54) is 36.5 Å². The summed E-state index contributed by atoms with van der Waals surface area (Å²) in [5, 5.41) is 7.30. The summed E-state index contributed by atoms with van der Waals surface area (Å²) in [6.07, 6.45) is 0. The fraction of sp³-hybridized carbons (Fsp3) is 0. The molecule has 0 aliphatic carbocycles. The lowest BCUT2D eigenvalue weighted by molar-refractivity contribution is 1.73. The molecule has 96 valence electrons. The molecule has 0 aliphatic heterocycles. The van der Waals surface area contributed by atoms with Crippen molar-refractivity contribution in [3.8, 4) is 10.4 Å². The fourth-order valence-electron chi connectivity index (χ4n) is 2.76. The van der Waals surface area contributed by atoms with Gasteiger partial charge in [0.05, 0.1) is 0 Å². The third-order valence-electron chi connectivity index (χ3n) is 3.63. The Kier molecular flexibility index (Phi) is 2.86. The first-order valence-electron chi connectivity index (χ1n) is 6.49. The summed E-state index contributed by atoms with van der Waals surface area (Å²) in [6.45, 7) is 0. The molecule has 1 aromatic heterocycles. The Morgan fingerprint density at radius 2 is 1.20 bits per heavy atom. The van der Waals surface area contributed by atoms with E-state index in [9.17, 15) is 0 Å². The van der Waals surface area contributed by atoms with Crippen LogP contribution in [0.1, 0.15) is 0 Å². The minimum atomic E-state index is 1.18. The van der Waals surface area contributed by atoms with Gasteiger partial charge in [0.1, 0.15) is 0 Å². The number of hydrogen-bond donors (Lipinski definition) is 0. The second-order valence-corrected chi connectivity index (χ2v) is 6.50. The highest BCUT2D eigenvalue weighted by Crippen LogP contribution is 2.42. The van der Waals surface area contributed by atoms with E-state index in [-0.39, 0.29) is 0 Å². The van der Waals surface area contributed by atoms with Crippen molar-refractivity contribution in [2.45, 2.75) is 0 Å². The Morgan fingerprint density at radius 3 is 1.70 bits per heavy atom. The van der Waals surface area contributed by atoms with Crippen molar-refractivity contribution in [2.24, 2.45) is 0 Å². The van der Waals surface area contributed by atoms with Gasteiger partial charge in [0.25, 0.3) is 0 Å². The molecule has 0 nitrogen and oxygen atoms in total. The van der Waals surface area contributed by atoms with Gasteiger partial charge in [-0.3, -0.25) is 0 Å². The molecule has 0 saturated heterocycles. The van der Waals surface area contributed by atoms with E-state index in [1.54, 1.807) is 11.3 Å². The Hall–Kier alpha value is -1.64. The molecule has 0 fully saturated rings. The molecule has 0 aliphatic rings. The van der Waals surface area contributed by atoms with Gasteiger partial charge in [-0.15, -0.1) is 11.3 Å². The number of benzene rings is 3. The van der Waals surface area contributed by atoms with Gasteiger partial charge in [-0.05, 0) is 48.9 Å². The van der Waals surface area contributed by atoms with Crippen LogP contribution in [0.5, 0.6) is 0 Å². The molecule has 0 N–H and O–H groups in total. The Morgan fingerprint density at radius 1 is 0.650 bits per heavy atom. The SMILES string of the molecule is Brc1c2ccccc2c(-c2cccs2)c2ccccc12. The standard InChI is InChI=1S/C18H11BrS/c19-18-14-8-3-1-6-12(14)17(16-10-5-11-20-16)13-7-2-4-9-15(13)18/h1-11H. The molecule has 1 heterocycles. The molecule has 0 amide bonds. The van der Waals surface area contributed by atoms with Crippen molar-refractivity contribution < 1.29 is 0 Å². The molecule has 0 radical (unpaired) electrons. The first-order valence-corrected chi connectivity index (χ1v) is 8.16. The van der Waals surface area contributed by atoms with Gasteiger partial charge in [-0.2, -0.15) is 0 Å². The molecule has 0 saturated carbocycles. The number of thiophene rings is 1. The van der Waals surface area contributed by atoms with E-state index in [0.29, 0.717) is 0 Å². The third-order valence-corrected chi connectivity index (χ3v) is 5.38. The molecule has 0 unspecified atom stereocenters. The largest absolute Gasteiger partial charge is 0.144 e. The molecule has 4 rings (SSSR count). The van der Waals surface area contributed by atoms with Gasteiger partial charge in [-0.1, -0.05) is 54.6 Å². The predicted molar refractivity (Wildman–Crippen MR) is 92.5 cm³/mol. The van der Waals surface area contributed by atoms with Crippen molar-refractivity contribution in [1.29, 1.82) is 0 Å². The van der Waals surface area contributed by atoms with E-state index in [1.807, 2.05) is 0 Å². The molecule has 3 aromatic carbocycles. The monoisotopic (exact) mass is 338 g/mol. The zero-order valence-electron chi connectivity index (χ0n) is 10.6. The van der Waals surface area contributed by atoms with E-state index >= 15 is 0 Å². The summed E-state index contributed by atoms with van der Waals surface area (Å²) in [7, 11) is 0. The molecule has 0 spiro atoms. The zero-order valence-corrected chi connectivity index (χ0v) is 13.0. The van der Waals surface area contributed by atoms with Gasteiger partial charge in [0.2, 0.25) is 0 Å². The highest BCUT2D eigenvalue weighted by Gasteiger charge is 2.13. The van der Waals surface area contributed by atoms with Crippen LogP contribution in [0.3, 0.4) is 0 Å². The van der Waals surface area contributed by atoms with Crippen LogP contribution in [0.15, 0.2) is 70.5 Å². The molecular formula is C18H11BrS. The van der Waals surface area contributed by atoms with Crippen molar-refractivity contribution in [3.05, 3.63) is 70.5 Å². The average molecular weight is 339 g/mol. The molecule has 20 heavy (non-hydrogen) atoms. The second kappa shape index (κ2) is 4.72. The Bertz CT molecular complexity index is 850. The fourth-order valence-corrected chi connectivity index (χ4v) is 4.25. The van der Waals surface area contributed by atoms with E-state index < -0.39 is 0 Å². The third kappa shape index (κ3) is 1.72. The summed E-state index contributed by atoms with van der Waals surface area (Å²) >= 11 is 5.58. The lowest BCUT2D eigenvalue weighted by atomic mass is 9.96. The maximum atomic E-state index is 3.78.